The summed E-state index contributed by atoms with van der Waals surface area (Å²) in [4.78, 5) is 0. The molecular weight excluding hydrogens is 283 g/mol. The normalized spacial score (nSPS) is 13.6. The first-order chi connectivity index (χ1) is 4.76. The van der Waals surface area contributed by atoms with E-state index >= 15 is 0 Å². The van der Waals surface area contributed by atoms with Gasteiger partial charge in [-0.1, -0.05) is 13.8 Å². The highest BCUT2D eigenvalue weighted by Crippen LogP contribution is 2.29. The van der Waals surface area contributed by atoms with Crippen LogP contribution in [0.15, 0.2) is 0 Å². The van der Waals surface area contributed by atoms with Crippen molar-refractivity contribution in [3.05, 3.63) is 0 Å². The molecule has 0 unspecified atom stereocenters. The number of rotatable bonds is 3. The quantitative estimate of drug-likeness (QED) is 0.571. The molecule has 0 saturated heterocycles. The van der Waals surface area contributed by atoms with E-state index in [1.807, 2.05) is 13.8 Å². The van der Waals surface area contributed by atoms with Gasteiger partial charge in [0.05, 0.1) is 0 Å². The van der Waals surface area contributed by atoms with E-state index in [4.69, 9.17) is 55.4 Å². The average molecular weight is 292 g/mol. The van der Waals surface area contributed by atoms with Crippen LogP contribution in [0.5, 0.6) is 0 Å². The van der Waals surface area contributed by atoms with Crippen LogP contribution in [-0.2, 0) is 0 Å². The van der Waals surface area contributed by atoms with Gasteiger partial charge in [-0.15, -0.1) is 55.4 Å². The molecule has 0 spiro atoms. The third-order valence-corrected chi connectivity index (χ3v) is 10.6. The minimum atomic E-state index is -2.86. The van der Waals surface area contributed by atoms with Gasteiger partial charge in [0.25, 0.3) is 0 Å². The molecule has 0 rings (SSSR count). The van der Waals surface area contributed by atoms with Gasteiger partial charge in [0.2, 0.25) is 0 Å². The summed E-state index contributed by atoms with van der Waals surface area (Å²) in [6, 6.07) is 0.0980. The Kier molecular flexibility index (Phi) is 5.73. The molecule has 0 saturated carbocycles. The molecule has 0 aromatic heterocycles. The van der Waals surface area contributed by atoms with E-state index in [0.29, 0.717) is 0 Å². The van der Waals surface area contributed by atoms with E-state index in [-0.39, 0.29) is 6.04 Å². The summed E-state index contributed by atoms with van der Waals surface area (Å²) in [6.07, 6.45) is -2.86. The standard InChI is InChI=1S/C3H8Cl5NSi2/c1-3(2)9(10(4)5)11(6,7)8/h3,10H,1-2H3. The van der Waals surface area contributed by atoms with Crippen LogP contribution in [0.3, 0.4) is 0 Å². The lowest BCUT2D eigenvalue weighted by molar-refractivity contribution is 0.552. The smallest absolute Gasteiger partial charge is 0.285 e. The zero-order valence-corrected chi connectivity index (χ0v) is 11.9. The summed E-state index contributed by atoms with van der Waals surface area (Å²) in [7, 11) is -2.02. The lowest BCUT2D eigenvalue weighted by Gasteiger charge is -2.31. The lowest BCUT2D eigenvalue weighted by atomic mass is 10.4. The molecule has 0 aromatic carbocycles. The molecule has 8 heteroatoms. The molecule has 0 radical (unpaired) electrons. The molecule has 0 aromatic rings. The molecule has 0 bridgehead atoms. The minimum absolute atomic E-state index is 0.0980. The third kappa shape index (κ3) is 4.57. The van der Waals surface area contributed by atoms with E-state index in [9.17, 15) is 0 Å². The molecule has 0 fully saturated rings. The van der Waals surface area contributed by atoms with E-state index in [2.05, 4.69) is 0 Å². The van der Waals surface area contributed by atoms with Gasteiger partial charge in [-0.25, -0.2) is 0 Å². The Labute approximate surface area is 92.8 Å². The second-order valence-electron chi connectivity index (χ2n) is 2.25. The molecular formula is C3H8Cl5NSi2. The Bertz CT molecular complexity index is 115. The van der Waals surface area contributed by atoms with Crippen LogP contribution >= 0.6 is 55.4 Å². The summed E-state index contributed by atoms with van der Waals surface area (Å²) in [5.74, 6) is 0. The van der Waals surface area contributed by atoms with Crippen LogP contribution < -0.4 is 0 Å². The van der Waals surface area contributed by atoms with Crippen LogP contribution in [0, 0.1) is 0 Å². The van der Waals surface area contributed by atoms with Crippen LogP contribution in [0.4, 0.5) is 0 Å². The third-order valence-electron chi connectivity index (χ3n) is 1.06. The monoisotopic (exact) mass is 289 g/mol. The predicted octanol–water partition coefficient (Wildman–Crippen LogP) is 3.04. The van der Waals surface area contributed by atoms with Crippen molar-refractivity contribution in [2.75, 3.05) is 0 Å². The highest BCUT2D eigenvalue weighted by molar-refractivity contribution is 7.66. The van der Waals surface area contributed by atoms with Crippen LogP contribution in [0.25, 0.3) is 0 Å². The number of halogens is 5. The minimum Gasteiger partial charge on any atom is -0.285 e. The van der Waals surface area contributed by atoms with Gasteiger partial charge in [-0.05, 0) is 6.04 Å². The lowest BCUT2D eigenvalue weighted by Crippen LogP contribution is -2.49. The largest absolute Gasteiger partial charge is 0.419 e. The van der Waals surface area contributed by atoms with Crippen molar-refractivity contribution < 1.29 is 0 Å². The Morgan fingerprint density at radius 3 is 1.55 bits per heavy atom. The van der Waals surface area contributed by atoms with Gasteiger partial charge in [-0.3, -0.25) is 4.23 Å². The number of hydrogen-bond donors (Lipinski definition) is 0. The maximum Gasteiger partial charge on any atom is 0.419 e. The Morgan fingerprint density at radius 1 is 1.18 bits per heavy atom. The topological polar surface area (TPSA) is 3.24 Å². The Morgan fingerprint density at radius 2 is 1.55 bits per heavy atom. The number of nitrogens with zero attached hydrogens (tertiary/aromatic N) is 1. The van der Waals surface area contributed by atoms with Gasteiger partial charge in [0.15, 0.2) is 0 Å². The summed E-state index contributed by atoms with van der Waals surface area (Å²) in [5.41, 5.74) is 0. The first-order valence-electron chi connectivity index (χ1n) is 2.90. The van der Waals surface area contributed by atoms with Gasteiger partial charge in [-0.2, -0.15) is 0 Å². The Balaban J connectivity index is 4.35. The second-order valence-corrected chi connectivity index (χ2v) is 15.1. The predicted molar refractivity (Wildman–Crippen MR) is 59.1 cm³/mol. The first kappa shape index (κ1) is 12.8. The van der Waals surface area contributed by atoms with Gasteiger partial charge < -0.3 is 0 Å². The van der Waals surface area contributed by atoms with Crippen LogP contribution in [-0.4, -0.2) is 24.0 Å². The van der Waals surface area contributed by atoms with Crippen molar-refractivity contribution in [1.82, 2.24) is 4.23 Å². The van der Waals surface area contributed by atoms with Crippen molar-refractivity contribution in [2.45, 2.75) is 19.9 Å². The summed E-state index contributed by atoms with van der Waals surface area (Å²) >= 11 is 28.7. The summed E-state index contributed by atoms with van der Waals surface area (Å²) < 4.78 is 1.63. The van der Waals surface area contributed by atoms with Crippen LogP contribution in [0.1, 0.15) is 13.8 Å². The summed E-state index contributed by atoms with van der Waals surface area (Å²) in [6.45, 7) is 3.80. The Hall–Kier alpha value is 1.84. The van der Waals surface area contributed by atoms with Crippen molar-refractivity contribution in [2.24, 2.45) is 0 Å². The van der Waals surface area contributed by atoms with Crippen molar-refractivity contribution >= 4 is 69.1 Å². The van der Waals surface area contributed by atoms with Crippen molar-refractivity contribution in [1.29, 1.82) is 0 Å². The molecule has 0 aliphatic rings. The fourth-order valence-corrected chi connectivity index (χ4v) is 13.6. The van der Waals surface area contributed by atoms with E-state index in [0.717, 1.165) is 0 Å². The summed E-state index contributed by atoms with van der Waals surface area (Å²) in [5, 5.41) is 0. The zero-order valence-electron chi connectivity index (χ0n) is 5.99. The molecule has 11 heavy (non-hydrogen) atoms. The first-order valence-corrected chi connectivity index (χ1v) is 11.9. The molecule has 0 atom stereocenters. The average Bonchev–Trinajstić information content (AvgIpc) is 1.54. The van der Waals surface area contributed by atoms with Gasteiger partial charge >= 0.3 is 13.7 Å². The zero-order chi connectivity index (χ0) is 9.23. The molecule has 0 aliphatic heterocycles. The molecule has 0 amide bonds. The van der Waals surface area contributed by atoms with E-state index < -0.39 is 13.7 Å². The highest BCUT2D eigenvalue weighted by atomic mass is 35.8. The molecule has 68 valence electrons. The molecule has 0 N–H and O–H groups in total. The molecule has 1 nitrogen and oxygen atoms in total. The maximum atomic E-state index is 5.75. The van der Waals surface area contributed by atoms with Crippen molar-refractivity contribution in [3.63, 3.8) is 0 Å². The second kappa shape index (κ2) is 4.91. The van der Waals surface area contributed by atoms with Crippen LogP contribution in [0.2, 0.25) is 0 Å². The van der Waals surface area contributed by atoms with Crippen molar-refractivity contribution in [3.8, 4) is 0 Å². The van der Waals surface area contributed by atoms with Gasteiger partial charge in [0, 0.05) is 0 Å². The fraction of sp³-hybridized carbons (Fsp3) is 1.00. The maximum absolute atomic E-state index is 5.75. The highest BCUT2D eigenvalue weighted by Gasteiger charge is 2.40. The fourth-order valence-electron chi connectivity index (χ4n) is 0.629. The van der Waals surface area contributed by atoms with E-state index in [1.54, 1.807) is 4.23 Å². The molecule has 0 aliphatic carbocycles. The molecule has 0 heterocycles. The number of hydrogen-bond acceptors (Lipinski definition) is 1. The van der Waals surface area contributed by atoms with Gasteiger partial charge in [0.1, 0.15) is 0 Å². The SMILES string of the molecule is CC(C)N([SiH](Cl)Cl)[Si](Cl)(Cl)Cl. The van der Waals surface area contributed by atoms with E-state index in [1.165, 1.54) is 0 Å².